The number of benzene rings is 1. The Morgan fingerprint density at radius 1 is 1.09 bits per heavy atom. The van der Waals surface area contributed by atoms with Crippen LogP contribution in [0.5, 0.6) is 0 Å². The van der Waals surface area contributed by atoms with Crippen molar-refractivity contribution in [1.29, 1.82) is 0 Å². The van der Waals surface area contributed by atoms with Crippen molar-refractivity contribution in [1.82, 2.24) is 14.9 Å². The van der Waals surface area contributed by atoms with E-state index in [1.54, 1.807) is 12.1 Å². The van der Waals surface area contributed by atoms with Gasteiger partial charge in [-0.1, -0.05) is 39.8 Å². The molecule has 0 fully saturated rings. The molecule has 0 saturated carbocycles. The van der Waals surface area contributed by atoms with Gasteiger partial charge >= 0.3 is 5.69 Å². The Balaban J connectivity index is 2.17. The number of nitrogens with two attached hydrogens (primary N) is 1. The Morgan fingerprint density at radius 2 is 1.73 bits per heavy atom. The second-order valence-corrected chi connectivity index (χ2v) is 8.80. The van der Waals surface area contributed by atoms with E-state index in [0.717, 1.165) is 5.56 Å². The minimum absolute atomic E-state index is 0.00512. The van der Waals surface area contributed by atoms with E-state index >= 15 is 0 Å². The fourth-order valence-corrected chi connectivity index (χ4v) is 3.31. The first-order valence-corrected chi connectivity index (χ1v) is 10.9. The van der Waals surface area contributed by atoms with Gasteiger partial charge in [0.05, 0.1) is 0 Å². The third-order valence-electron chi connectivity index (χ3n) is 4.85. The molecule has 0 unspecified atom stereocenters. The van der Waals surface area contributed by atoms with Crippen molar-refractivity contribution >= 4 is 23.3 Å². The molecular formula is C23H32FN5O4. The summed E-state index contributed by atoms with van der Waals surface area (Å²) in [6.07, 6.45) is -0.248. The molecule has 0 bridgehead atoms. The van der Waals surface area contributed by atoms with Gasteiger partial charge in [-0.2, -0.15) is 0 Å². The summed E-state index contributed by atoms with van der Waals surface area (Å²) in [5, 5.41) is 2.68. The van der Waals surface area contributed by atoms with Crippen LogP contribution >= 0.6 is 0 Å². The van der Waals surface area contributed by atoms with Gasteiger partial charge in [-0.05, 0) is 29.5 Å². The Bertz CT molecular complexity index is 1090. The number of rotatable bonds is 10. The Morgan fingerprint density at radius 3 is 2.30 bits per heavy atom. The first kappa shape index (κ1) is 25.8. The van der Waals surface area contributed by atoms with Gasteiger partial charge in [0, 0.05) is 32.5 Å². The van der Waals surface area contributed by atoms with Crippen LogP contribution in [0.3, 0.4) is 0 Å². The maximum Gasteiger partial charge on any atom is 0.330 e. The number of hydrogen-bond acceptors (Lipinski definition) is 5. The summed E-state index contributed by atoms with van der Waals surface area (Å²) in [5.74, 6) is -1.16. The third-order valence-corrected chi connectivity index (χ3v) is 4.85. The van der Waals surface area contributed by atoms with Crippen LogP contribution in [0.2, 0.25) is 0 Å². The number of nitrogens with one attached hydrogen (secondary N) is 2. The van der Waals surface area contributed by atoms with E-state index in [9.17, 15) is 23.6 Å². The average Bonchev–Trinajstić information content (AvgIpc) is 2.73. The molecule has 0 aliphatic rings. The van der Waals surface area contributed by atoms with Gasteiger partial charge in [-0.3, -0.25) is 23.9 Å². The second kappa shape index (κ2) is 11.4. The molecule has 4 N–H and O–H groups in total. The van der Waals surface area contributed by atoms with E-state index in [2.05, 4.69) is 10.3 Å². The number of hydrogen-bond donors (Lipinski definition) is 3. The fourth-order valence-electron chi connectivity index (χ4n) is 3.31. The minimum atomic E-state index is -0.743. The third kappa shape index (κ3) is 7.30. The molecule has 1 aromatic carbocycles. The first-order chi connectivity index (χ1) is 15.5. The first-order valence-electron chi connectivity index (χ1n) is 10.9. The van der Waals surface area contributed by atoms with E-state index in [-0.39, 0.29) is 67.5 Å². The van der Waals surface area contributed by atoms with Crippen molar-refractivity contribution in [2.24, 2.45) is 11.8 Å². The molecule has 10 heteroatoms. The van der Waals surface area contributed by atoms with Gasteiger partial charge < -0.3 is 16.0 Å². The quantitative estimate of drug-likeness (QED) is 0.498. The number of aromatic amines is 1. The van der Waals surface area contributed by atoms with E-state index in [0.29, 0.717) is 0 Å². The van der Waals surface area contributed by atoms with Crippen LogP contribution in [0.4, 0.5) is 15.9 Å². The number of nitrogen functional groups attached to an aromatic ring is 1. The smallest absolute Gasteiger partial charge is 0.330 e. The number of amides is 2. The lowest BCUT2D eigenvalue weighted by Crippen LogP contribution is -2.43. The number of carbonyl (C=O) groups excluding carboxylic acids is 2. The largest absolute Gasteiger partial charge is 0.383 e. The fraction of sp³-hybridized carbons (Fsp3) is 0.478. The maximum absolute atomic E-state index is 13.0. The molecule has 0 radical (unpaired) electrons. The van der Waals surface area contributed by atoms with Gasteiger partial charge in [0.2, 0.25) is 11.8 Å². The van der Waals surface area contributed by atoms with Gasteiger partial charge in [-0.15, -0.1) is 0 Å². The van der Waals surface area contributed by atoms with Crippen LogP contribution in [-0.2, 0) is 22.7 Å². The number of nitrogens with zero attached hydrogens (tertiary/aromatic N) is 2. The predicted molar refractivity (Wildman–Crippen MR) is 125 cm³/mol. The molecule has 2 amide bonds. The summed E-state index contributed by atoms with van der Waals surface area (Å²) in [5.41, 5.74) is 5.44. The summed E-state index contributed by atoms with van der Waals surface area (Å²) in [4.78, 5) is 53.6. The molecule has 0 saturated heterocycles. The molecule has 1 heterocycles. The number of halogens is 1. The number of anilines is 2. The summed E-state index contributed by atoms with van der Waals surface area (Å²) >= 11 is 0. The van der Waals surface area contributed by atoms with Crippen LogP contribution in [-0.4, -0.2) is 27.9 Å². The second-order valence-electron chi connectivity index (χ2n) is 8.80. The summed E-state index contributed by atoms with van der Waals surface area (Å²) in [6, 6.07) is 5.73. The summed E-state index contributed by atoms with van der Waals surface area (Å²) in [6.45, 7) is 8.24. The molecule has 0 atom stereocenters. The molecule has 0 aliphatic heterocycles. The Kier molecular flexibility index (Phi) is 8.95. The lowest BCUT2D eigenvalue weighted by Gasteiger charge is -2.26. The highest BCUT2D eigenvalue weighted by Gasteiger charge is 2.25. The van der Waals surface area contributed by atoms with Crippen LogP contribution in [0, 0.1) is 17.7 Å². The normalized spacial score (nSPS) is 11.1. The maximum atomic E-state index is 13.0. The highest BCUT2D eigenvalue weighted by molar-refractivity contribution is 5.97. The lowest BCUT2D eigenvalue weighted by atomic mass is 10.1. The van der Waals surface area contributed by atoms with Crippen molar-refractivity contribution in [2.75, 3.05) is 17.2 Å². The Hall–Kier alpha value is -3.43. The van der Waals surface area contributed by atoms with E-state index in [4.69, 9.17) is 5.73 Å². The van der Waals surface area contributed by atoms with E-state index < -0.39 is 17.2 Å². The molecule has 2 rings (SSSR count). The van der Waals surface area contributed by atoms with E-state index in [1.807, 2.05) is 27.7 Å². The monoisotopic (exact) mass is 461 g/mol. The molecular weight excluding hydrogens is 429 g/mol. The topological polar surface area (TPSA) is 130 Å². The number of carbonyl (C=O) groups is 2. The van der Waals surface area contributed by atoms with Gasteiger partial charge in [0.15, 0.2) is 5.69 Å². The minimum Gasteiger partial charge on any atom is -0.383 e. The highest BCUT2D eigenvalue weighted by Crippen LogP contribution is 2.20. The van der Waals surface area contributed by atoms with E-state index in [1.165, 1.54) is 21.6 Å². The lowest BCUT2D eigenvalue weighted by molar-refractivity contribution is -0.125. The molecule has 33 heavy (non-hydrogen) atoms. The van der Waals surface area contributed by atoms with Crippen LogP contribution < -0.4 is 27.2 Å². The molecule has 180 valence electrons. The number of H-pyrrole nitrogens is 1. The SMILES string of the molecule is CC(C)CN(C(=O)CCC(=O)NCc1ccc(F)cc1)c1c(N)n(CC(C)C)c(=O)[nH]c1=O. The van der Waals surface area contributed by atoms with Crippen molar-refractivity contribution in [3.63, 3.8) is 0 Å². The van der Waals surface area contributed by atoms with Crippen molar-refractivity contribution in [3.8, 4) is 0 Å². The van der Waals surface area contributed by atoms with Crippen molar-refractivity contribution < 1.29 is 14.0 Å². The average molecular weight is 462 g/mol. The number of aromatic nitrogens is 2. The molecule has 1 aromatic heterocycles. The van der Waals surface area contributed by atoms with Crippen LogP contribution in [0.1, 0.15) is 46.1 Å². The van der Waals surface area contributed by atoms with Gasteiger partial charge in [0.1, 0.15) is 11.6 Å². The molecule has 0 aliphatic carbocycles. The molecule has 2 aromatic rings. The van der Waals surface area contributed by atoms with Crippen molar-refractivity contribution in [2.45, 2.75) is 53.6 Å². The zero-order valence-electron chi connectivity index (χ0n) is 19.5. The van der Waals surface area contributed by atoms with Crippen LogP contribution in [0.15, 0.2) is 33.9 Å². The highest BCUT2D eigenvalue weighted by atomic mass is 19.1. The summed E-state index contributed by atoms with van der Waals surface area (Å²) in [7, 11) is 0. The predicted octanol–water partition coefficient (Wildman–Crippen LogP) is 2.00. The van der Waals surface area contributed by atoms with Crippen molar-refractivity contribution in [3.05, 3.63) is 56.5 Å². The van der Waals surface area contributed by atoms with Gasteiger partial charge in [-0.25, -0.2) is 9.18 Å². The standard InChI is InChI=1S/C23H32FN5O4/c1-14(2)12-28(20-21(25)29(13-15(3)4)23(33)27-22(20)32)19(31)10-9-18(30)26-11-16-5-7-17(24)8-6-16/h5-8,14-15H,9-13,25H2,1-4H3,(H,26,30)(H,27,32,33). The summed E-state index contributed by atoms with van der Waals surface area (Å²) < 4.78 is 14.2. The zero-order valence-corrected chi connectivity index (χ0v) is 19.5. The van der Waals surface area contributed by atoms with Crippen LogP contribution in [0.25, 0.3) is 0 Å². The van der Waals surface area contributed by atoms with Gasteiger partial charge in [0.25, 0.3) is 5.56 Å². The molecule has 9 nitrogen and oxygen atoms in total. The Labute approximate surface area is 191 Å². The zero-order chi connectivity index (χ0) is 24.7. The molecule has 0 spiro atoms.